The van der Waals surface area contributed by atoms with Crippen LogP contribution in [0.2, 0.25) is 5.02 Å². The summed E-state index contributed by atoms with van der Waals surface area (Å²) in [5, 5.41) is 0.573. The monoisotopic (exact) mass is 312 g/mol. The number of esters is 1. The van der Waals surface area contributed by atoms with Crippen LogP contribution in [0, 0.1) is 0 Å². The molecule has 0 radical (unpaired) electrons. The third-order valence-electron chi connectivity index (χ3n) is 3.34. The second-order valence-electron chi connectivity index (χ2n) is 4.63. The molecule has 1 unspecified atom stereocenters. The molecular weight excluding hydrogens is 296 g/mol. The minimum absolute atomic E-state index is 0.200. The lowest BCUT2D eigenvalue weighted by atomic mass is 10.1. The van der Waals surface area contributed by atoms with Gasteiger partial charge < -0.3 is 15.4 Å². The number of anilines is 1. The van der Waals surface area contributed by atoms with Crippen LogP contribution in [0.25, 0.3) is 0 Å². The highest BCUT2D eigenvalue weighted by Crippen LogP contribution is 2.31. The summed E-state index contributed by atoms with van der Waals surface area (Å²) < 4.78 is 5.13. The van der Waals surface area contributed by atoms with E-state index in [1.807, 2.05) is 11.0 Å². The Balaban J connectivity index is 2.35. The normalized spacial score (nSPS) is 18.1. The van der Waals surface area contributed by atoms with E-state index < -0.39 is 0 Å². The van der Waals surface area contributed by atoms with Gasteiger partial charge in [0.15, 0.2) is 0 Å². The molecule has 1 heterocycles. The van der Waals surface area contributed by atoms with Crippen LogP contribution >= 0.6 is 23.8 Å². The third-order valence-corrected chi connectivity index (χ3v) is 3.80. The van der Waals surface area contributed by atoms with Gasteiger partial charge in [-0.15, -0.1) is 0 Å². The summed E-state index contributed by atoms with van der Waals surface area (Å²) >= 11 is 11.1. The molecule has 1 aliphatic heterocycles. The molecule has 2 rings (SSSR count). The number of nitrogens with two attached hydrogens (primary N) is 1. The first-order valence-corrected chi connectivity index (χ1v) is 7.36. The predicted octanol–water partition coefficient (Wildman–Crippen LogP) is 2.51. The smallest absolute Gasteiger partial charge is 0.328 e. The maximum absolute atomic E-state index is 12.0. The van der Waals surface area contributed by atoms with Gasteiger partial charge in [0.05, 0.1) is 6.61 Å². The largest absolute Gasteiger partial charge is 0.464 e. The van der Waals surface area contributed by atoms with Gasteiger partial charge in [-0.25, -0.2) is 4.79 Å². The number of benzene rings is 1. The number of hydrogen-bond acceptors (Lipinski definition) is 4. The van der Waals surface area contributed by atoms with Crippen LogP contribution in [0.5, 0.6) is 0 Å². The molecule has 1 aliphatic rings. The van der Waals surface area contributed by atoms with Gasteiger partial charge in [-0.05, 0) is 38.0 Å². The molecule has 1 fully saturated rings. The summed E-state index contributed by atoms with van der Waals surface area (Å²) in [6, 6.07) is 5.09. The Morgan fingerprint density at radius 2 is 2.35 bits per heavy atom. The van der Waals surface area contributed by atoms with Crippen molar-refractivity contribution < 1.29 is 9.53 Å². The Bertz CT molecular complexity index is 536. The Morgan fingerprint density at radius 1 is 1.60 bits per heavy atom. The topological polar surface area (TPSA) is 55.6 Å². The number of ether oxygens (including phenoxy) is 1. The number of carbonyl (C=O) groups is 1. The van der Waals surface area contributed by atoms with E-state index in [1.165, 1.54) is 0 Å². The van der Waals surface area contributed by atoms with Crippen LogP contribution in [0.15, 0.2) is 18.2 Å². The lowest BCUT2D eigenvalue weighted by Gasteiger charge is -2.27. The molecule has 0 aliphatic carbocycles. The third kappa shape index (κ3) is 3.04. The molecule has 0 bridgehead atoms. The quantitative estimate of drug-likeness (QED) is 0.684. The van der Waals surface area contributed by atoms with E-state index in [-0.39, 0.29) is 17.0 Å². The molecule has 1 aromatic rings. The fourth-order valence-corrected chi connectivity index (χ4v) is 2.83. The highest BCUT2D eigenvalue weighted by Gasteiger charge is 2.33. The van der Waals surface area contributed by atoms with Crippen molar-refractivity contribution in [3.63, 3.8) is 0 Å². The van der Waals surface area contributed by atoms with Crippen LogP contribution in [0.3, 0.4) is 0 Å². The maximum atomic E-state index is 12.0. The summed E-state index contributed by atoms with van der Waals surface area (Å²) in [6.07, 6.45) is 1.71. The van der Waals surface area contributed by atoms with Gasteiger partial charge in [0.1, 0.15) is 11.0 Å². The zero-order valence-electron chi connectivity index (χ0n) is 11.3. The fraction of sp³-hybridized carbons (Fsp3) is 0.429. The Kier molecular flexibility index (Phi) is 4.83. The number of carbonyl (C=O) groups excluding carboxylic acids is 1. The lowest BCUT2D eigenvalue weighted by molar-refractivity contribution is -0.144. The minimum Gasteiger partial charge on any atom is -0.464 e. The van der Waals surface area contributed by atoms with Crippen LogP contribution in [-0.4, -0.2) is 30.2 Å². The van der Waals surface area contributed by atoms with E-state index in [0.29, 0.717) is 17.2 Å². The highest BCUT2D eigenvalue weighted by atomic mass is 35.5. The van der Waals surface area contributed by atoms with E-state index in [1.54, 1.807) is 19.1 Å². The van der Waals surface area contributed by atoms with Crippen LogP contribution < -0.4 is 10.6 Å². The molecular formula is C14H17ClN2O2S. The van der Waals surface area contributed by atoms with Gasteiger partial charge >= 0.3 is 5.97 Å². The summed E-state index contributed by atoms with van der Waals surface area (Å²) in [5.41, 5.74) is 7.30. The molecule has 6 heteroatoms. The Labute approximate surface area is 128 Å². The molecule has 0 spiro atoms. The van der Waals surface area contributed by atoms with Crippen molar-refractivity contribution in [2.24, 2.45) is 5.73 Å². The van der Waals surface area contributed by atoms with Crippen molar-refractivity contribution in [1.29, 1.82) is 0 Å². The molecule has 108 valence electrons. The van der Waals surface area contributed by atoms with Gasteiger partial charge in [0.2, 0.25) is 0 Å². The van der Waals surface area contributed by atoms with Gasteiger partial charge in [-0.3, -0.25) is 0 Å². The van der Waals surface area contributed by atoms with Crippen molar-refractivity contribution >= 4 is 40.5 Å². The second kappa shape index (κ2) is 6.41. The maximum Gasteiger partial charge on any atom is 0.328 e. The fourth-order valence-electron chi connectivity index (χ4n) is 2.49. The summed E-state index contributed by atoms with van der Waals surface area (Å²) in [6.45, 7) is 2.96. The van der Waals surface area contributed by atoms with Crippen molar-refractivity contribution in [3.05, 3.63) is 28.8 Å². The number of hydrogen-bond donors (Lipinski definition) is 1. The number of thiocarbonyl (C=S) groups is 1. The van der Waals surface area contributed by atoms with E-state index >= 15 is 0 Å². The zero-order valence-corrected chi connectivity index (χ0v) is 12.8. The van der Waals surface area contributed by atoms with Crippen LogP contribution in [0.4, 0.5) is 5.69 Å². The van der Waals surface area contributed by atoms with E-state index in [4.69, 9.17) is 34.3 Å². The molecule has 0 aromatic heterocycles. The molecule has 1 saturated heterocycles. The van der Waals surface area contributed by atoms with Crippen molar-refractivity contribution in [3.8, 4) is 0 Å². The first kappa shape index (κ1) is 15.1. The molecule has 2 N–H and O–H groups in total. The van der Waals surface area contributed by atoms with Crippen molar-refractivity contribution in [2.45, 2.75) is 25.8 Å². The van der Waals surface area contributed by atoms with E-state index in [2.05, 4.69) is 0 Å². The van der Waals surface area contributed by atoms with Crippen molar-refractivity contribution in [1.82, 2.24) is 0 Å². The van der Waals surface area contributed by atoms with Crippen LogP contribution in [-0.2, 0) is 9.53 Å². The van der Waals surface area contributed by atoms with E-state index in [9.17, 15) is 4.79 Å². The van der Waals surface area contributed by atoms with Crippen molar-refractivity contribution in [2.75, 3.05) is 18.1 Å². The number of nitrogens with zero attached hydrogens (tertiary/aromatic N) is 1. The number of rotatable bonds is 4. The molecule has 20 heavy (non-hydrogen) atoms. The van der Waals surface area contributed by atoms with Gasteiger partial charge in [0.25, 0.3) is 0 Å². The Morgan fingerprint density at radius 3 is 3.00 bits per heavy atom. The average molecular weight is 313 g/mol. The first-order valence-electron chi connectivity index (χ1n) is 6.57. The van der Waals surface area contributed by atoms with Gasteiger partial charge in [-0.2, -0.15) is 0 Å². The molecule has 4 nitrogen and oxygen atoms in total. The molecule has 0 saturated carbocycles. The average Bonchev–Trinajstić information content (AvgIpc) is 2.88. The standard InChI is InChI=1S/C14H17ClN2O2S/c1-2-19-14(18)12-4-3-7-17(12)11-6-5-9(15)8-10(11)13(16)20/h5-6,8,12H,2-4,7H2,1H3,(H2,16,20). The minimum atomic E-state index is -0.274. The lowest BCUT2D eigenvalue weighted by Crippen LogP contribution is -2.38. The SMILES string of the molecule is CCOC(=O)C1CCCN1c1ccc(Cl)cc1C(N)=S. The molecule has 0 amide bonds. The Hall–Kier alpha value is -1.33. The second-order valence-corrected chi connectivity index (χ2v) is 5.51. The van der Waals surface area contributed by atoms with Gasteiger partial charge in [0, 0.05) is 22.8 Å². The number of halogens is 1. The summed E-state index contributed by atoms with van der Waals surface area (Å²) in [4.78, 5) is 14.3. The van der Waals surface area contributed by atoms with Gasteiger partial charge in [-0.1, -0.05) is 23.8 Å². The molecule has 1 aromatic carbocycles. The predicted molar refractivity (Wildman–Crippen MR) is 84.3 cm³/mol. The first-order chi connectivity index (χ1) is 9.54. The van der Waals surface area contributed by atoms with E-state index in [0.717, 1.165) is 25.1 Å². The highest BCUT2D eigenvalue weighted by molar-refractivity contribution is 7.80. The van der Waals surface area contributed by atoms with Crippen LogP contribution in [0.1, 0.15) is 25.3 Å². The summed E-state index contributed by atoms with van der Waals surface area (Å²) in [7, 11) is 0. The molecule has 1 atom stereocenters. The zero-order chi connectivity index (χ0) is 14.7. The summed E-state index contributed by atoms with van der Waals surface area (Å²) in [5.74, 6) is -0.200.